The first-order chi connectivity index (χ1) is 14.6. The van der Waals surface area contributed by atoms with Crippen molar-refractivity contribution >= 4 is 11.4 Å². The van der Waals surface area contributed by atoms with Crippen molar-refractivity contribution in [3.63, 3.8) is 0 Å². The molecule has 1 unspecified atom stereocenters. The normalized spacial score (nSPS) is 12.1. The fraction of sp³-hybridized carbons (Fsp3) is 0.273. The van der Waals surface area contributed by atoms with E-state index in [1.54, 1.807) is 36.6 Å². The van der Waals surface area contributed by atoms with Crippen molar-refractivity contribution in [3.05, 3.63) is 60.8 Å². The van der Waals surface area contributed by atoms with Crippen molar-refractivity contribution in [2.45, 2.75) is 20.3 Å². The van der Waals surface area contributed by atoms with Gasteiger partial charge in [-0.1, -0.05) is 26.3 Å². The molecule has 0 aliphatic rings. The number of carbonyl (C=O) groups is 1. The van der Waals surface area contributed by atoms with Crippen LogP contribution in [0.15, 0.2) is 55.1 Å². The van der Waals surface area contributed by atoms with Gasteiger partial charge >= 0.3 is 0 Å². The molecule has 0 aliphatic heterocycles. The average molecular weight is 404 g/mol. The Morgan fingerprint density at radius 3 is 2.93 bits per heavy atom. The monoisotopic (exact) mass is 404 g/mol. The lowest BCUT2D eigenvalue weighted by Crippen LogP contribution is -2.28. The van der Waals surface area contributed by atoms with Crippen LogP contribution >= 0.6 is 0 Å². The van der Waals surface area contributed by atoms with Crippen molar-refractivity contribution in [1.29, 1.82) is 0 Å². The molecule has 1 aromatic carbocycles. The molecule has 4 aromatic rings. The molecular formula is C22H24N6O2. The number of amides is 1. The molecule has 1 amide bonds. The van der Waals surface area contributed by atoms with Crippen LogP contribution < -0.4 is 10.1 Å². The first-order valence-corrected chi connectivity index (χ1v) is 9.91. The molecule has 4 rings (SSSR count). The van der Waals surface area contributed by atoms with Gasteiger partial charge in [0.2, 0.25) is 0 Å². The van der Waals surface area contributed by atoms with E-state index in [2.05, 4.69) is 34.2 Å². The maximum Gasteiger partial charge on any atom is 0.272 e. The number of carbonyl (C=O) groups excluding carboxylic acids is 1. The van der Waals surface area contributed by atoms with Gasteiger partial charge in [0.05, 0.1) is 30.7 Å². The Balaban J connectivity index is 1.78. The summed E-state index contributed by atoms with van der Waals surface area (Å²) >= 11 is 0. The van der Waals surface area contributed by atoms with Crippen LogP contribution in [0.3, 0.4) is 0 Å². The second-order valence-electron chi connectivity index (χ2n) is 7.17. The van der Waals surface area contributed by atoms with E-state index < -0.39 is 0 Å². The SMILES string of the molecule is CCC(C)CNC(=O)c1nc(-c2ccnn2-c2cccc(OC)c2)n2ccncc12. The number of aromatic nitrogens is 5. The van der Waals surface area contributed by atoms with Crippen LogP contribution in [0.1, 0.15) is 30.8 Å². The van der Waals surface area contributed by atoms with Crippen molar-refractivity contribution in [1.82, 2.24) is 29.5 Å². The molecule has 1 N–H and O–H groups in total. The summed E-state index contributed by atoms with van der Waals surface area (Å²) < 4.78 is 8.97. The number of nitrogens with zero attached hydrogens (tertiary/aromatic N) is 5. The first-order valence-electron chi connectivity index (χ1n) is 9.91. The van der Waals surface area contributed by atoms with Gasteiger partial charge in [-0.3, -0.25) is 14.2 Å². The molecule has 0 bridgehead atoms. The van der Waals surface area contributed by atoms with Gasteiger partial charge in [0.1, 0.15) is 11.4 Å². The van der Waals surface area contributed by atoms with Gasteiger partial charge in [-0.15, -0.1) is 0 Å². The summed E-state index contributed by atoms with van der Waals surface area (Å²) in [5.41, 5.74) is 2.58. The van der Waals surface area contributed by atoms with E-state index >= 15 is 0 Å². The third-order valence-electron chi connectivity index (χ3n) is 5.14. The van der Waals surface area contributed by atoms with Crippen LogP contribution in [0, 0.1) is 5.92 Å². The minimum absolute atomic E-state index is 0.209. The number of ether oxygens (including phenoxy) is 1. The van der Waals surface area contributed by atoms with E-state index in [4.69, 9.17) is 4.74 Å². The maximum atomic E-state index is 12.8. The Morgan fingerprint density at radius 1 is 1.27 bits per heavy atom. The highest BCUT2D eigenvalue weighted by molar-refractivity contribution is 5.99. The number of imidazole rings is 1. The van der Waals surface area contributed by atoms with Gasteiger partial charge in [0, 0.05) is 25.0 Å². The maximum absolute atomic E-state index is 12.8. The van der Waals surface area contributed by atoms with Gasteiger partial charge in [-0.2, -0.15) is 5.10 Å². The number of benzene rings is 1. The molecule has 8 nitrogen and oxygen atoms in total. The number of hydrogen-bond acceptors (Lipinski definition) is 5. The molecule has 0 saturated heterocycles. The summed E-state index contributed by atoms with van der Waals surface area (Å²) in [4.78, 5) is 21.7. The number of methoxy groups -OCH3 is 1. The smallest absolute Gasteiger partial charge is 0.272 e. The molecule has 0 spiro atoms. The molecule has 0 saturated carbocycles. The van der Waals surface area contributed by atoms with Gasteiger partial charge in [-0.25, -0.2) is 9.67 Å². The summed E-state index contributed by atoms with van der Waals surface area (Å²) in [7, 11) is 1.63. The minimum atomic E-state index is -0.209. The molecule has 3 aromatic heterocycles. The molecule has 154 valence electrons. The molecule has 0 fully saturated rings. The van der Waals surface area contributed by atoms with Crippen LogP contribution in [0.2, 0.25) is 0 Å². The second kappa shape index (κ2) is 8.36. The third-order valence-corrected chi connectivity index (χ3v) is 5.14. The molecule has 0 radical (unpaired) electrons. The van der Waals surface area contributed by atoms with E-state index in [-0.39, 0.29) is 5.91 Å². The highest BCUT2D eigenvalue weighted by atomic mass is 16.5. The summed E-state index contributed by atoms with van der Waals surface area (Å²) in [5, 5.41) is 7.44. The van der Waals surface area contributed by atoms with E-state index in [9.17, 15) is 4.79 Å². The average Bonchev–Trinajstić information content (AvgIpc) is 3.42. The fourth-order valence-electron chi connectivity index (χ4n) is 3.20. The predicted molar refractivity (Wildman–Crippen MR) is 114 cm³/mol. The lowest BCUT2D eigenvalue weighted by molar-refractivity contribution is 0.0945. The number of fused-ring (bicyclic) bond motifs is 1. The van der Waals surface area contributed by atoms with Gasteiger partial charge in [0.15, 0.2) is 11.5 Å². The Morgan fingerprint density at radius 2 is 2.13 bits per heavy atom. The van der Waals surface area contributed by atoms with Crippen molar-refractivity contribution in [2.24, 2.45) is 5.92 Å². The Hall–Kier alpha value is -3.68. The van der Waals surface area contributed by atoms with Crippen LogP contribution in [0.5, 0.6) is 5.75 Å². The molecule has 1 atom stereocenters. The number of rotatable bonds is 7. The van der Waals surface area contributed by atoms with Gasteiger partial charge in [0.25, 0.3) is 5.91 Å². The molecule has 3 heterocycles. The van der Waals surface area contributed by atoms with Crippen LogP contribution in [-0.4, -0.2) is 43.7 Å². The topological polar surface area (TPSA) is 86.3 Å². The summed E-state index contributed by atoms with van der Waals surface area (Å²) in [6.45, 7) is 4.81. The van der Waals surface area contributed by atoms with Crippen LogP contribution in [-0.2, 0) is 0 Å². The lowest BCUT2D eigenvalue weighted by atomic mass is 10.1. The van der Waals surface area contributed by atoms with E-state index in [1.165, 1.54) is 0 Å². The molecule has 0 aliphatic carbocycles. The summed E-state index contributed by atoms with van der Waals surface area (Å²) in [5.74, 6) is 1.53. The lowest BCUT2D eigenvalue weighted by Gasteiger charge is -2.09. The zero-order chi connectivity index (χ0) is 21.1. The highest BCUT2D eigenvalue weighted by Gasteiger charge is 2.21. The van der Waals surface area contributed by atoms with Crippen molar-refractivity contribution in [3.8, 4) is 23.0 Å². The third kappa shape index (κ3) is 3.63. The van der Waals surface area contributed by atoms with Crippen molar-refractivity contribution in [2.75, 3.05) is 13.7 Å². The Bertz CT molecular complexity index is 1180. The highest BCUT2D eigenvalue weighted by Crippen LogP contribution is 2.26. The molecule has 8 heteroatoms. The zero-order valence-corrected chi connectivity index (χ0v) is 17.2. The summed E-state index contributed by atoms with van der Waals surface area (Å²) in [6, 6.07) is 9.49. The minimum Gasteiger partial charge on any atom is -0.497 e. The summed E-state index contributed by atoms with van der Waals surface area (Å²) in [6.07, 6.45) is 7.83. The van der Waals surface area contributed by atoms with E-state index in [0.29, 0.717) is 29.5 Å². The first kappa shape index (κ1) is 19.6. The van der Waals surface area contributed by atoms with Gasteiger partial charge in [-0.05, 0) is 24.1 Å². The quantitative estimate of drug-likeness (QED) is 0.510. The van der Waals surface area contributed by atoms with E-state index in [0.717, 1.165) is 23.6 Å². The molecule has 30 heavy (non-hydrogen) atoms. The number of nitrogens with one attached hydrogen (secondary N) is 1. The van der Waals surface area contributed by atoms with Gasteiger partial charge < -0.3 is 10.1 Å². The van der Waals surface area contributed by atoms with E-state index in [1.807, 2.05) is 34.7 Å². The second-order valence-corrected chi connectivity index (χ2v) is 7.17. The molecular weight excluding hydrogens is 380 g/mol. The van der Waals surface area contributed by atoms with Crippen LogP contribution in [0.4, 0.5) is 0 Å². The van der Waals surface area contributed by atoms with Crippen molar-refractivity contribution < 1.29 is 9.53 Å². The largest absolute Gasteiger partial charge is 0.497 e. The van der Waals surface area contributed by atoms with Crippen LogP contribution in [0.25, 0.3) is 22.7 Å². The fourth-order valence-corrected chi connectivity index (χ4v) is 3.20. The zero-order valence-electron chi connectivity index (χ0n) is 17.2. The predicted octanol–water partition coefficient (Wildman–Crippen LogP) is 3.37. The standard InChI is InChI=1S/C22H24N6O2/c1-4-15(2)13-24-22(29)20-19-14-23-10-11-27(19)21(26-20)18-8-9-25-28(18)16-6-5-7-17(12-16)30-3/h5-12,14-15H,4,13H2,1-3H3,(H,24,29). The Kier molecular flexibility index (Phi) is 5.47. The Labute approximate surface area is 174 Å². The number of hydrogen-bond donors (Lipinski definition) is 1.